The maximum absolute atomic E-state index is 14.1. The number of benzene rings is 2. The maximum Gasteiger partial charge on any atom is 0.128 e. The first-order valence-electron chi connectivity index (χ1n) is 6.93. The Morgan fingerprint density at radius 1 is 1.23 bits per heavy atom. The first-order chi connectivity index (χ1) is 10.5. The molecule has 3 nitrogen and oxygen atoms in total. The lowest BCUT2D eigenvalue weighted by Gasteiger charge is -2.30. The molecule has 0 heterocycles. The molecule has 118 valence electrons. The largest absolute Gasteiger partial charge is 0.497 e. The van der Waals surface area contributed by atoms with Crippen LogP contribution in [0.5, 0.6) is 5.75 Å². The van der Waals surface area contributed by atoms with E-state index in [0.717, 1.165) is 15.8 Å². The molecule has 0 aliphatic carbocycles. The van der Waals surface area contributed by atoms with E-state index in [2.05, 4.69) is 21.2 Å². The van der Waals surface area contributed by atoms with Crippen LogP contribution in [-0.2, 0) is 12.1 Å². The Bertz CT molecular complexity index is 633. The Labute approximate surface area is 138 Å². The molecule has 22 heavy (non-hydrogen) atoms. The Balaban J connectivity index is 2.17. The lowest BCUT2D eigenvalue weighted by Crippen LogP contribution is -2.43. The lowest BCUT2D eigenvalue weighted by molar-refractivity contribution is 0.170. The fourth-order valence-electron chi connectivity index (χ4n) is 2.20. The zero-order valence-electron chi connectivity index (χ0n) is 12.6. The summed E-state index contributed by atoms with van der Waals surface area (Å²) < 4.78 is 20.0. The van der Waals surface area contributed by atoms with Gasteiger partial charge < -0.3 is 15.2 Å². The summed E-state index contributed by atoms with van der Waals surface area (Å²) in [6.07, 6.45) is 0. The zero-order valence-corrected chi connectivity index (χ0v) is 14.2. The minimum atomic E-state index is -0.867. The van der Waals surface area contributed by atoms with Gasteiger partial charge in [-0.2, -0.15) is 0 Å². The summed E-state index contributed by atoms with van der Waals surface area (Å²) in [4.78, 5) is 0. The van der Waals surface area contributed by atoms with Gasteiger partial charge in [0.2, 0.25) is 0 Å². The highest BCUT2D eigenvalue weighted by atomic mass is 79.9. The summed E-state index contributed by atoms with van der Waals surface area (Å²) in [5.41, 5.74) is 0.585. The Kier molecular flexibility index (Phi) is 5.56. The molecule has 2 N–H and O–H groups in total. The number of aliphatic hydroxyl groups excluding tert-OH is 1. The number of hydrogen-bond donors (Lipinski definition) is 2. The lowest BCUT2D eigenvalue weighted by atomic mass is 9.92. The van der Waals surface area contributed by atoms with Gasteiger partial charge in [0.15, 0.2) is 0 Å². The molecule has 1 unspecified atom stereocenters. The summed E-state index contributed by atoms with van der Waals surface area (Å²) in [7, 11) is 1.62. The highest BCUT2D eigenvalue weighted by Gasteiger charge is 2.28. The minimum absolute atomic E-state index is 0.212. The standard InChI is InChI=1S/C17H19BrFNO2/c1-17(11-21,15-9-13(18)5-8-16(15)19)20-10-12-3-6-14(22-2)7-4-12/h3-9,20-21H,10-11H2,1-2H3. The highest BCUT2D eigenvalue weighted by Crippen LogP contribution is 2.27. The van der Waals surface area contributed by atoms with Crippen LogP contribution in [0, 0.1) is 5.82 Å². The molecule has 0 saturated carbocycles. The molecule has 0 fully saturated rings. The van der Waals surface area contributed by atoms with Crippen molar-refractivity contribution in [3.05, 3.63) is 63.9 Å². The summed E-state index contributed by atoms with van der Waals surface area (Å²) >= 11 is 3.34. The van der Waals surface area contributed by atoms with Crippen molar-refractivity contribution in [3.63, 3.8) is 0 Å². The van der Waals surface area contributed by atoms with Gasteiger partial charge >= 0.3 is 0 Å². The SMILES string of the molecule is COc1ccc(CNC(C)(CO)c2cc(Br)ccc2F)cc1. The van der Waals surface area contributed by atoms with Crippen molar-refractivity contribution in [3.8, 4) is 5.75 Å². The molecule has 0 aromatic heterocycles. The number of aliphatic hydroxyl groups is 1. The van der Waals surface area contributed by atoms with E-state index in [9.17, 15) is 9.50 Å². The van der Waals surface area contributed by atoms with E-state index >= 15 is 0 Å². The Morgan fingerprint density at radius 3 is 2.50 bits per heavy atom. The first kappa shape index (κ1) is 16.9. The summed E-state index contributed by atoms with van der Waals surface area (Å²) in [6, 6.07) is 12.3. The van der Waals surface area contributed by atoms with Crippen LogP contribution in [0.15, 0.2) is 46.9 Å². The number of hydrogen-bond acceptors (Lipinski definition) is 3. The predicted octanol–water partition coefficient (Wildman–Crippen LogP) is 3.59. The molecule has 2 aromatic carbocycles. The van der Waals surface area contributed by atoms with Gasteiger partial charge in [-0.15, -0.1) is 0 Å². The quantitative estimate of drug-likeness (QED) is 0.819. The summed E-state index contributed by atoms with van der Waals surface area (Å²) in [5.74, 6) is 0.439. The van der Waals surface area contributed by atoms with Crippen LogP contribution in [0.1, 0.15) is 18.1 Å². The Hall–Kier alpha value is -1.43. The van der Waals surface area contributed by atoms with E-state index < -0.39 is 5.54 Å². The molecule has 0 spiro atoms. The summed E-state index contributed by atoms with van der Waals surface area (Å²) in [6.45, 7) is 2.07. The maximum atomic E-state index is 14.1. The molecular formula is C17H19BrFNO2. The van der Waals surface area contributed by atoms with Crippen LogP contribution in [0.3, 0.4) is 0 Å². The molecule has 0 aliphatic rings. The Morgan fingerprint density at radius 2 is 1.91 bits per heavy atom. The van der Waals surface area contributed by atoms with E-state index in [0.29, 0.717) is 12.1 Å². The number of nitrogens with one attached hydrogen (secondary N) is 1. The second-order valence-electron chi connectivity index (χ2n) is 5.32. The number of rotatable bonds is 6. The molecule has 0 aliphatic heterocycles. The van der Waals surface area contributed by atoms with E-state index in [4.69, 9.17) is 4.74 Å². The number of ether oxygens (including phenoxy) is 1. The van der Waals surface area contributed by atoms with Crippen LogP contribution in [0.2, 0.25) is 0 Å². The molecular weight excluding hydrogens is 349 g/mol. The monoisotopic (exact) mass is 367 g/mol. The molecule has 5 heteroatoms. The van der Waals surface area contributed by atoms with Crippen LogP contribution in [-0.4, -0.2) is 18.8 Å². The third-order valence-electron chi connectivity index (χ3n) is 3.68. The number of halogens is 2. The van der Waals surface area contributed by atoms with Crippen LogP contribution in [0.4, 0.5) is 4.39 Å². The van der Waals surface area contributed by atoms with Crippen LogP contribution < -0.4 is 10.1 Å². The van der Waals surface area contributed by atoms with Crippen molar-refractivity contribution >= 4 is 15.9 Å². The molecule has 2 rings (SSSR count). The summed E-state index contributed by atoms with van der Waals surface area (Å²) in [5, 5.41) is 13.0. The predicted molar refractivity (Wildman–Crippen MR) is 88.4 cm³/mol. The van der Waals surface area contributed by atoms with E-state index in [1.807, 2.05) is 24.3 Å². The molecule has 2 aromatic rings. The molecule has 0 amide bonds. The first-order valence-corrected chi connectivity index (χ1v) is 7.72. The van der Waals surface area contributed by atoms with E-state index in [-0.39, 0.29) is 12.4 Å². The van der Waals surface area contributed by atoms with Crippen molar-refractivity contribution in [2.45, 2.75) is 19.0 Å². The average molecular weight is 368 g/mol. The third-order valence-corrected chi connectivity index (χ3v) is 4.17. The molecule has 0 radical (unpaired) electrons. The van der Waals surface area contributed by atoms with Crippen molar-refractivity contribution in [1.82, 2.24) is 5.32 Å². The minimum Gasteiger partial charge on any atom is -0.497 e. The topological polar surface area (TPSA) is 41.5 Å². The average Bonchev–Trinajstić information content (AvgIpc) is 2.55. The van der Waals surface area contributed by atoms with Gasteiger partial charge in [-0.05, 0) is 42.8 Å². The van der Waals surface area contributed by atoms with Crippen molar-refractivity contribution in [2.75, 3.05) is 13.7 Å². The fourth-order valence-corrected chi connectivity index (χ4v) is 2.56. The third kappa shape index (κ3) is 3.85. The smallest absolute Gasteiger partial charge is 0.128 e. The second-order valence-corrected chi connectivity index (χ2v) is 6.23. The molecule has 0 bridgehead atoms. The van der Waals surface area contributed by atoms with Crippen molar-refractivity contribution in [1.29, 1.82) is 0 Å². The van der Waals surface area contributed by atoms with Gasteiger partial charge in [0.1, 0.15) is 11.6 Å². The molecule has 1 atom stereocenters. The fraction of sp³-hybridized carbons (Fsp3) is 0.294. The van der Waals surface area contributed by atoms with Gasteiger partial charge in [0.05, 0.1) is 19.3 Å². The second kappa shape index (κ2) is 7.22. The highest BCUT2D eigenvalue weighted by molar-refractivity contribution is 9.10. The molecule has 0 saturated heterocycles. The van der Waals surface area contributed by atoms with Gasteiger partial charge in [0, 0.05) is 16.6 Å². The normalized spacial score (nSPS) is 13.7. The van der Waals surface area contributed by atoms with Gasteiger partial charge in [-0.3, -0.25) is 0 Å². The van der Waals surface area contributed by atoms with Crippen molar-refractivity contribution < 1.29 is 14.2 Å². The van der Waals surface area contributed by atoms with E-state index in [1.165, 1.54) is 6.07 Å². The van der Waals surface area contributed by atoms with Gasteiger partial charge in [0.25, 0.3) is 0 Å². The van der Waals surface area contributed by atoms with Gasteiger partial charge in [-0.1, -0.05) is 28.1 Å². The number of methoxy groups -OCH3 is 1. The van der Waals surface area contributed by atoms with Gasteiger partial charge in [-0.25, -0.2) is 4.39 Å². The zero-order chi connectivity index (χ0) is 16.2. The van der Waals surface area contributed by atoms with Crippen LogP contribution in [0.25, 0.3) is 0 Å². The van der Waals surface area contributed by atoms with Crippen LogP contribution >= 0.6 is 15.9 Å². The van der Waals surface area contributed by atoms with E-state index in [1.54, 1.807) is 26.2 Å². The van der Waals surface area contributed by atoms with Crippen molar-refractivity contribution in [2.24, 2.45) is 0 Å².